The number of rotatable bonds is 2. The van der Waals surface area contributed by atoms with E-state index in [2.05, 4.69) is 12.2 Å². The first-order valence-electron chi connectivity index (χ1n) is 5.73. The highest BCUT2D eigenvalue weighted by atomic mass is 16.4. The predicted molar refractivity (Wildman–Crippen MR) is 64.1 cm³/mol. The Hall–Kier alpha value is -1.40. The Morgan fingerprint density at radius 3 is 2.22 bits per heavy atom. The van der Waals surface area contributed by atoms with Crippen LogP contribution in [0.25, 0.3) is 0 Å². The van der Waals surface area contributed by atoms with Crippen molar-refractivity contribution >= 4 is 11.9 Å². The first-order chi connectivity index (χ1) is 7.61. The first-order valence-corrected chi connectivity index (χ1v) is 5.73. The molecule has 0 radical (unpaired) electrons. The minimum atomic E-state index is -0.958. The largest absolute Gasteiger partial charge is 0.481 e. The lowest BCUT2D eigenvalue weighted by Crippen LogP contribution is -2.43. The van der Waals surface area contributed by atoms with Gasteiger partial charge in [0.05, 0.1) is 11.8 Å². The Balaban J connectivity index is 0.00000144. The van der Waals surface area contributed by atoms with Crippen LogP contribution in [0.5, 0.6) is 0 Å². The van der Waals surface area contributed by atoms with E-state index >= 15 is 0 Å². The molecule has 6 heteroatoms. The number of carboxylic acid groups (broad SMARTS) is 2. The summed E-state index contributed by atoms with van der Waals surface area (Å²) in [4.78, 5) is 22.3. The summed E-state index contributed by atoms with van der Waals surface area (Å²) in [5.41, 5.74) is 0. The minimum absolute atomic E-state index is 0. The van der Waals surface area contributed by atoms with E-state index in [0.717, 1.165) is 19.3 Å². The van der Waals surface area contributed by atoms with E-state index in [4.69, 9.17) is 5.11 Å². The molecule has 1 saturated carbocycles. The number of carbonyl (C=O) groups is 2. The number of aliphatic carboxylic acids is 2. The van der Waals surface area contributed by atoms with Crippen LogP contribution in [0.1, 0.15) is 25.7 Å². The van der Waals surface area contributed by atoms with Gasteiger partial charge in [-0.05, 0) is 37.5 Å². The highest BCUT2D eigenvalue weighted by Crippen LogP contribution is 2.44. The molecule has 1 fully saturated rings. The maximum Gasteiger partial charge on any atom is 0.307 e. The Morgan fingerprint density at radius 1 is 1.00 bits per heavy atom. The van der Waals surface area contributed by atoms with Crippen LogP contribution in [-0.4, -0.2) is 33.1 Å². The molecule has 0 bridgehead atoms. The lowest BCUT2D eigenvalue weighted by Gasteiger charge is -2.39. The van der Waals surface area contributed by atoms with Crippen molar-refractivity contribution in [3.8, 4) is 0 Å². The number of carboxylic acids is 2. The fraction of sp³-hybridized carbons (Fsp3) is 0.667. The van der Waals surface area contributed by atoms with Gasteiger partial charge in [-0.15, -0.1) is 0 Å². The SMILES string of the molecule is O.O.O=C(O)C1CCC2C=CCCC2C1C(=O)O. The molecule has 104 valence electrons. The van der Waals surface area contributed by atoms with E-state index in [9.17, 15) is 14.7 Å². The van der Waals surface area contributed by atoms with Crippen LogP contribution >= 0.6 is 0 Å². The molecule has 0 aromatic carbocycles. The van der Waals surface area contributed by atoms with Gasteiger partial charge in [-0.25, -0.2) is 0 Å². The molecule has 0 aromatic rings. The normalized spacial score (nSPS) is 33.6. The third kappa shape index (κ3) is 2.88. The molecule has 4 unspecified atom stereocenters. The molecule has 2 aliphatic carbocycles. The van der Waals surface area contributed by atoms with Crippen molar-refractivity contribution in [3.63, 3.8) is 0 Å². The summed E-state index contributed by atoms with van der Waals surface area (Å²) in [5, 5.41) is 18.3. The van der Waals surface area contributed by atoms with E-state index in [1.54, 1.807) is 0 Å². The third-order valence-electron chi connectivity index (χ3n) is 3.91. The Morgan fingerprint density at radius 2 is 1.67 bits per heavy atom. The third-order valence-corrected chi connectivity index (χ3v) is 3.91. The van der Waals surface area contributed by atoms with E-state index in [0.29, 0.717) is 6.42 Å². The van der Waals surface area contributed by atoms with Gasteiger partial charge in [0.2, 0.25) is 0 Å². The molecule has 4 atom stereocenters. The van der Waals surface area contributed by atoms with Crippen LogP contribution in [0, 0.1) is 23.7 Å². The van der Waals surface area contributed by atoms with Crippen molar-refractivity contribution < 1.29 is 30.8 Å². The fourth-order valence-electron chi connectivity index (χ4n) is 3.15. The van der Waals surface area contributed by atoms with Crippen molar-refractivity contribution in [3.05, 3.63) is 12.2 Å². The molecule has 0 aliphatic heterocycles. The second-order valence-corrected chi connectivity index (χ2v) is 4.72. The Bertz CT molecular complexity index is 337. The van der Waals surface area contributed by atoms with E-state index in [1.807, 2.05) is 0 Å². The van der Waals surface area contributed by atoms with Gasteiger partial charge in [0.15, 0.2) is 0 Å². The molecular weight excluding hydrogens is 240 g/mol. The summed E-state index contributed by atoms with van der Waals surface area (Å²) in [7, 11) is 0. The zero-order valence-electron chi connectivity index (χ0n) is 10.0. The molecule has 0 amide bonds. The van der Waals surface area contributed by atoms with Gasteiger partial charge in [0.1, 0.15) is 0 Å². The summed E-state index contributed by atoms with van der Waals surface area (Å²) < 4.78 is 0. The summed E-state index contributed by atoms with van der Waals surface area (Å²) in [6.45, 7) is 0. The summed E-state index contributed by atoms with van der Waals surface area (Å²) >= 11 is 0. The minimum Gasteiger partial charge on any atom is -0.481 e. The lowest BCUT2D eigenvalue weighted by atomic mass is 9.63. The highest BCUT2D eigenvalue weighted by Gasteiger charge is 2.46. The van der Waals surface area contributed by atoms with Gasteiger partial charge in [0, 0.05) is 0 Å². The van der Waals surface area contributed by atoms with Crippen molar-refractivity contribution in [2.24, 2.45) is 23.7 Å². The van der Waals surface area contributed by atoms with Crippen LogP contribution in [0.3, 0.4) is 0 Å². The van der Waals surface area contributed by atoms with Crippen molar-refractivity contribution in [2.45, 2.75) is 25.7 Å². The molecule has 2 rings (SSSR count). The van der Waals surface area contributed by atoms with Crippen LogP contribution in [0.2, 0.25) is 0 Å². The fourth-order valence-corrected chi connectivity index (χ4v) is 3.15. The Kier molecular flexibility index (Phi) is 6.00. The molecule has 0 heterocycles. The van der Waals surface area contributed by atoms with Gasteiger partial charge in [-0.1, -0.05) is 12.2 Å². The molecule has 18 heavy (non-hydrogen) atoms. The predicted octanol–water partition coefficient (Wildman–Crippen LogP) is 0.115. The standard InChI is InChI=1S/C12H16O4.2H2O/c13-11(14)9-6-5-7-3-1-2-4-8(7)10(9)12(15)16;;/h1,3,7-10H,2,4-6H2,(H,13,14)(H,15,16);2*1H2. The molecule has 6 N–H and O–H groups in total. The molecule has 0 saturated heterocycles. The van der Waals surface area contributed by atoms with Crippen LogP contribution in [-0.2, 0) is 9.59 Å². The lowest BCUT2D eigenvalue weighted by molar-refractivity contribution is -0.159. The van der Waals surface area contributed by atoms with E-state index in [-0.39, 0.29) is 22.8 Å². The zero-order valence-corrected chi connectivity index (χ0v) is 10.0. The molecule has 6 nitrogen and oxygen atoms in total. The highest BCUT2D eigenvalue weighted by molar-refractivity contribution is 5.80. The first kappa shape index (κ1) is 16.6. The molecular formula is C12H20O6. The van der Waals surface area contributed by atoms with Gasteiger partial charge in [-0.2, -0.15) is 0 Å². The average molecular weight is 260 g/mol. The van der Waals surface area contributed by atoms with Crippen LogP contribution in [0.4, 0.5) is 0 Å². The average Bonchev–Trinajstić information content (AvgIpc) is 2.27. The van der Waals surface area contributed by atoms with Gasteiger partial charge >= 0.3 is 11.9 Å². The maximum absolute atomic E-state index is 11.2. The van der Waals surface area contributed by atoms with Gasteiger partial charge in [-0.3, -0.25) is 9.59 Å². The molecule has 0 spiro atoms. The number of hydrogen-bond acceptors (Lipinski definition) is 2. The topological polar surface area (TPSA) is 138 Å². The quantitative estimate of drug-likeness (QED) is 0.680. The van der Waals surface area contributed by atoms with Gasteiger partial charge < -0.3 is 21.2 Å². The molecule has 2 aliphatic rings. The molecule has 0 aromatic heterocycles. The maximum atomic E-state index is 11.2. The number of hydrogen-bond donors (Lipinski definition) is 2. The number of allylic oxidation sites excluding steroid dienone is 2. The van der Waals surface area contributed by atoms with Gasteiger partial charge in [0.25, 0.3) is 0 Å². The second-order valence-electron chi connectivity index (χ2n) is 4.72. The zero-order chi connectivity index (χ0) is 11.7. The summed E-state index contributed by atoms with van der Waals surface area (Å²) in [6, 6.07) is 0. The van der Waals surface area contributed by atoms with E-state index in [1.165, 1.54) is 0 Å². The Labute approximate surface area is 105 Å². The van der Waals surface area contributed by atoms with Crippen molar-refractivity contribution in [1.82, 2.24) is 0 Å². The smallest absolute Gasteiger partial charge is 0.307 e. The second kappa shape index (κ2) is 6.51. The summed E-state index contributed by atoms with van der Waals surface area (Å²) in [6.07, 6.45) is 7.13. The van der Waals surface area contributed by atoms with Crippen molar-refractivity contribution in [1.29, 1.82) is 0 Å². The van der Waals surface area contributed by atoms with Crippen LogP contribution < -0.4 is 0 Å². The summed E-state index contributed by atoms with van der Waals surface area (Å²) in [5.74, 6) is -3.04. The van der Waals surface area contributed by atoms with E-state index < -0.39 is 23.8 Å². The van der Waals surface area contributed by atoms with Crippen LogP contribution in [0.15, 0.2) is 12.2 Å². The van der Waals surface area contributed by atoms with Crippen molar-refractivity contribution in [2.75, 3.05) is 0 Å². The number of fused-ring (bicyclic) bond motifs is 1. The monoisotopic (exact) mass is 260 g/mol.